The van der Waals surface area contributed by atoms with E-state index in [-0.39, 0.29) is 0 Å². The molecule has 12 heteroatoms. The Morgan fingerprint density at radius 1 is 0.889 bits per heavy atom. The van der Waals surface area contributed by atoms with E-state index in [0.717, 1.165) is 27.7 Å². The molecule has 0 aliphatic carbocycles. The normalized spacial score (nSPS) is 30.0. The summed E-state index contributed by atoms with van der Waals surface area (Å²) < 4.78 is 23.6. The first-order valence-corrected chi connectivity index (χ1v) is 8.49. The van der Waals surface area contributed by atoms with E-state index >= 15 is 0 Å². The summed E-state index contributed by atoms with van der Waals surface area (Å²) in [6, 6.07) is 0. The number of esters is 4. The summed E-state index contributed by atoms with van der Waals surface area (Å²) in [4.78, 5) is 57.7. The largest absolute Gasteiger partial charge is 0.463 e. The number of hydrogen-bond donors (Lipinski definition) is 1. The Hall–Kier alpha value is -2.21. The molecule has 0 spiro atoms. The number of alkyl halides is 1. The molecule has 5 atom stereocenters. The van der Waals surface area contributed by atoms with Gasteiger partial charge in [-0.1, -0.05) is 0 Å². The summed E-state index contributed by atoms with van der Waals surface area (Å²) in [5.74, 6) is -4.23. The highest BCUT2D eigenvalue weighted by atomic mass is 79.9. The summed E-state index contributed by atoms with van der Waals surface area (Å²) >= 11 is 2.98. The first kappa shape index (κ1) is 22.8. The lowest BCUT2D eigenvalue weighted by molar-refractivity contribution is -0.254. The SMILES string of the molecule is CC(=O)OC[C@H]1O[C@@](Br)(C(N)=O)[C@H](OC(C)=O)[C@@H](OC(C)=O)[C@@H]1OC(C)=O. The summed E-state index contributed by atoms with van der Waals surface area (Å²) in [6.07, 6.45) is -5.69. The third-order valence-electron chi connectivity index (χ3n) is 3.36. The van der Waals surface area contributed by atoms with Crippen LogP contribution in [0.4, 0.5) is 0 Å². The minimum Gasteiger partial charge on any atom is -0.463 e. The molecule has 0 aromatic heterocycles. The molecular weight excluding hydrogens is 434 g/mol. The molecule has 11 nitrogen and oxygen atoms in total. The van der Waals surface area contributed by atoms with Gasteiger partial charge in [0.15, 0.2) is 18.3 Å². The van der Waals surface area contributed by atoms with Gasteiger partial charge in [-0.25, -0.2) is 0 Å². The van der Waals surface area contributed by atoms with Gasteiger partial charge in [-0.05, 0) is 15.9 Å². The molecular formula is C15H20BrNO10. The van der Waals surface area contributed by atoms with Crippen molar-refractivity contribution in [2.24, 2.45) is 5.73 Å². The van der Waals surface area contributed by atoms with E-state index in [1.54, 1.807) is 0 Å². The predicted octanol–water partition coefficient (Wildman–Crippen LogP) is -0.680. The number of halogens is 1. The Bertz CT molecular complexity index is 638. The Morgan fingerprint density at radius 2 is 1.37 bits per heavy atom. The van der Waals surface area contributed by atoms with Crippen LogP contribution >= 0.6 is 15.9 Å². The van der Waals surface area contributed by atoms with E-state index in [1.165, 1.54) is 0 Å². The van der Waals surface area contributed by atoms with Crippen molar-refractivity contribution in [3.8, 4) is 0 Å². The van der Waals surface area contributed by atoms with Crippen molar-refractivity contribution in [1.82, 2.24) is 0 Å². The van der Waals surface area contributed by atoms with E-state index in [1.807, 2.05) is 0 Å². The molecule has 1 aliphatic heterocycles. The van der Waals surface area contributed by atoms with Crippen molar-refractivity contribution in [3.63, 3.8) is 0 Å². The second-order valence-electron chi connectivity index (χ2n) is 5.65. The van der Waals surface area contributed by atoms with Crippen LogP contribution in [0.2, 0.25) is 0 Å². The summed E-state index contributed by atoms with van der Waals surface area (Å²) in [5.41, 5.74) is 5.37. The Morgan fingerprint density at radius 3 is 1.78 bits per heavy atom. The molecule has 2 N–H and O–H groups in total. The molecule has 0 radical (unpaired) electrons. The average molecular weight is 454 g/mol. The van der Waals surface area contributed by atoms with Gasteiger partial charge in [-0.2, -0.15) is 0 Å². The molecule has 0 aromatic carbocycles. The van der Waals surface area contributed by atoms with Gasteiger partial charge < -0.3 is 29.4 Å². The van der Waals surface area contributed by atoms with Gasteiger partial charge in [-0.3, -0.25) is 24.0 Å². The first-order chi connectivity index (χ1) is 12.4. The topological polar surface area (TPSA) is 158 Å². The number of amides is 1. The van der Waals surface area contributed by atoms with Crippen molar-refractivity contribution in [2.45, 2.75) is 56.6 Å². The zero-order chi connectivity index (χ0) is 20.9. The lowest BCUT2D eigenvalue weighted by Gasteiger charge is -2.47. The maximum absolute atomic E-state index is 12.0. The van der Waals surface area contributed by atoms with Gasteiger partial charge in [0.05, 0.1) is 0 Å². The van der Waals surface area contributed by atoms with Crippen molar-refractivity contribution < 1.29 is 47.7 Å². The number of ether oxygens (including phenoxy) is 5. The van der Waals surface area contributed by atoms with Crippen molar-refractivity contribution in [1.29, 1.82) is 0 Å². The van der Waals surface area contributed by atoms with E-state index in [0.29, 0.717) is 0 Å². The van der Waals surface area contributed by atoms with Crippen LogP contribution in [0.3, 0.4) is 0 Å². The van der Waals surface area contributed by atoms with Crippen LogP contribution in [-0.2, 0) is 47.7 Å². The molecule has 1 aliphatic rings. The maximum Gasteiger partial charge on any atom is 0.303 e. The number of carbonyl (C=O) groups is 5. The highest BCUT2D eigenvalue weighted by Crippen LogP contribution is 2.39. The molecule has 1 amide bonds. The minimum absolute atomic E-state index is 0.460. The van der Waals surface area contributed by atoms with Crippen molar-refractivity contribution in [2.75, 3.05) is 6.61 Å². The fraction of sp³-hybridized carbons (Fsp3) is 0.667. The molecule has 0 aromatic rings. The molecule has 1 rings (SSSR count). The monoisotopic (exact) mass is 453 g/mol. The number of hydrogen-bond acceptors (Lipinski definition) is 10. The highest BCUT2D eigenvalue weighted by molar-refractivity contribution is 9.10. The smallest absolute Gasteiger partial charge is 0.303 e. The quantitative estimate of drug-likeness (QED) is 0.310. The van der Waals surface area contributed by atoms with Crippen LogP contribution in [0.5, 0.6) is 0 Å². The average Bonchev–Trinajstić information content (AvgIpc) is 2.50. The fourth-order valence-corrected chi connectivity index (χ4v) is 3.05. The molecule has 1 saturated heterocycles. The summed E-state index contributed by atoms with van der Waals surface area (Å²) in [7, 11) is 0. The zero-order valence-corrected chi connectivity index (χ0v) is 16.6. The van der Waals surface area contributed by atoms with Crippen LogP contribution in [0, 0.1) is 0 Å². The second kappa shape index (κ2) is 9.13. The predicted molar refractivity (Wildman–Crippen MR) is 89.0 cm³/mol. The third-order valence-corrected chi connectivity index (χ3v) is 4.39. The van der Waals surface area contributed by atoms with Crippen LogP contribution in [0.25, 0.3) is 0 Å². The molecule has 0 saturated carbocycles. The van der Waals surface area contributed by atoms with Gasteiger partial charge in [0.1, 0.15) is 12.7 Å². The van der Waals surface area contributed by atoms with Crippen LogP contribution in [0.15, 0.2) is 0 Å². The Labute approximate surface area is 162 Å². The molecule has 0 unspecified atom stereocenters. The number of nitrogens with two attached hydrogens (primary N) is 1. The lowest BCUT2D eigenvalue weighted by Crippen LogP contribution is -2.69. The van der Waals surface area contributed by atoms with Crippen LogP contribution in [-0.4, -0.2) is 65.3 Å². The molecule has 152 valence electrons. The first-order valence-electron chi connectivity index (χ1n) is 7.70. The third kappa shape index (κ3) is 5.89. The van der Waals surface area contributed by atoms with Gasteiger partial charge >= 0.3 is 23.9 Å². The Balaban J connectivity index is 3.43. The van der Waals surface area contributed by atoms with Gasteiger partial charge in [0.2, 0.25) is 4.51 Å². The number of rotatable bonds is 6. The molecule has 1 heterocycles. The number of carbonyl (C=O) groups excluding carboxylic acids is 5. The second-order valence-corrected chi connectivity index (χ2v) is 6.82. The maximum atomic E-state index is 12.0. The zero-order valence-electron chi connectivity index (χ0n) is 15.1. The highest BCUT2D eigenvalue weighted by Gasteiger charge is 2.62. The van der Waals surface area contributed by atoms with Crippen molar-refractivity contribution >= 4 is 45.7 Å². The summed E-state index contributed by atoms with van der Waals surface area (Å²) in [5, 5.41) is 0. The van der Waals surface area contributed by atoms with E-state index < -0.39 is 65.3 Å². The van der Waals surface area contributed by atoms with E-state index in [4.69, 9.17) is 29.4 Å². The van der Waals surface area contributed by atoms with Crippen molar-refractivity contribution in [3.05, 3.63) is 0 Å². The lowest BCUT2D eigenvalue weighted by atomic mass is 9.93. The van der Waals surface area contributed by atoms with Crippen LogP contribution < -0.4 is 5.73 Å². The van der Waals surface area contributed by atoms with E-state index in [2.05, 4.69) is 15.9 Å². The number of primary amides is 1. The van der Waals surface area contributed by atoms with Gasteiger partial charge in [0, 0.05) is 27.7 Å². The summed E-state index contributed by atoms with van der Waals surface area (Å²) in [6.45, 7) is 3.86. The standard InChI is InChI=1S/C15H20BrNO10/c1-6(18)23-5-10-11(24-7(2)19)12(25-8(3)20)13(26-9(4)21)15(16,27-10)14(17)22/h10-13H,5H2,1-4H3,(H2,17,22)/t10-,11-,12+,13-,15-/m1/s1. The van der Waals surface area contributed by atoms with Crippen LogP contribution in [0.1, 0.15) is 27.7 Å². The van der Waals surface area contributed by atoms with Gasteiger partial charge in [-0.15, -0.1) is 0 Å². The molecule has 0 bridgehead atoms. The van der Waals surface area contributed by atoms with Gasteiger partial charge in [0.25, 0.3) is 5.91 Å². The Kier molecular flexibility index (Phi) is 7.72. The minimum atomic E-state index is -2.14. The van der Waals surface area contributed by atoms with E-state index in [9.17, 15) is 24.0 Å². The molecule has 27 heavy (non-hydrogen) atoms. The fourth-order valence-electron chi connectivity index (χ4n) is 2.45. The molecule has 1 fully saturated rings.